The normalized spacial score (nSPS) is 13.1. The predicted molar refractivity (Wildman–Crippen MR) is 142 cm³/mol. The van der Waals surface area contributed by atoms with Gasteiger partial charge < -0.3 is 37.0 Å². The number of carboxylic acid groups (broad SMARTS) is 3. The zero-order valence-electron chi connectivity index (χ0n) is 23.4. The second-order valence-electron chi connectivity index (χ2n) is 9.63. The molecule has 0 aromatic rings. The van der Waals surface area contributed by atoms with Crippen molar-refractivity contribution in [1.82, 2.24) is 21.0 Å². The summed E-state index contributed by atoms with van der Waals surface area (Å²) in [5.41, 5.74) is 5.27. The number of rotatable bonds is 18. The molecule has 3 unspecified atom stereocenters. The first-order chi connectivity index (χ1) is 18.0. The summed E-state index contributed by atoms with van der Waals surface area (Å²) in [6.45, 7) is 8.99. The third kappa shape index (κ3) is 18.6. The number of amides is 3. The molecule has 226 valence electrons. The van der Waals surface area contributed by atoms with Crippen LogP contribution in [0.1, 0.15) is 66.7 Å². The van der Waals surface area contributed by atoms with E-state index in [0.29, 0.717) is 6.54 Å². The molecule has 0 aliphatic heterocycles. The molecule has 0 bridgehead atoms. The minimum atomic E-state index is -1.21. The van der Waals surface area contributed by atoms with Crippen LogP contribution in [0.15, 0.2) is 0 Å². The molecular weight excluding hydrogens is 516 g/mol. The van der Waals surface area contributed by atoms with Crippen LogP contribution in [-0.2, 0) is 28.8 Å². The largest absolute Gasteiger partial charge is 0.480 e. The van der Waals surface area contributed by atoms with Crippen molar-refractivity contribution in [2.45, 2.75) is 84.8 Å². The summed E-state index contributed by atoms with van der Waals surface area (Å²) in [6.07, 6.45) is 2.90. The second-order valence-corrected chi connectivity index (χ2v) is 9.63. The molecule has 0 aliphatic rings. The minimum absolute atomic E-state index is 0.0328. The number of hydrazine groups is 1. The first kappa shape index (κ1) is 37.9. The zero-order valence-corrected chi connectivity index (χ0v) is 23.4. The van der Waals surface area contributed by atoms with Crippen LogP contribution in [0.3, 0.4) is 0 Å². The topological polar surface area (TPSA) is 254 Å². The highest BCUT2D eigenvalue weighted by molar-refractivity contribution is 5.89. The van der Waals surface area contributed by atoms with Crippen molar-refractivity contribution in [3.05, 3.63) is 0 Å². The molecule has 0 saturated heterocycles. The van der Waals surface area contributed by atoms with Gasteiger partial charge in [0.25, 0.3) is 0 Å². The Kier molecular flexibility index (Phi) is 20.0. The molecule has 15 heteroatoms. The molecule has 0 fully saturated rings. The summed E-state index contributed by atoms with van der Waals surface area (Å²) in [5, 5.41) is 34.1. The van der Waals surface area contributed by atoms with Crippen molar-refractivity contribution in [2.75, 3.05) is 19.6 Å². The lowest BCUT2D eigenvalue weighted by Crippen LogP contribution is -2.54. The highest BCUT2D eigenvalue weighted by Crippen LogP contribution is 2.09. The number of hydrogen-bond acceptors (Lipinski definition) is 9. The number of nitrogens with one attached hydrogen (secondary N) is 3. The van der Waals surface area contributed by atoms with Crippen molar-refractivity contribution in [3.8, 4) is 0 Å². The first-order valence-corrected chi connectivity index (χ1v) is 12.8. The van der Waals surface area contributed by atoms with Gasteiger partial charge in [-0.25, -0.2) is 5.01 Å². The Labute approximate surface area is 229 Å². The summed E-state index contributed by atoms with van der Waals surface area (Å²) in [4.78, 5) is 66.6. The van der Waals surface area contributed by atoms with Crippen molar-refractivity contribution in [1.29, 1.82) is 0 Å². The monoisotopic (exact) mass is 562 g/mol. The van der Waals surface area contributed by atoms with E-state index in [9.17, 15) is 28.8 Å². The van der Waals surface area contributed by atoms with Crippen LogP contribution in [0.2, 0.25) is 0 Å². The number of unbranched alkanes of at least 4 members (excludes halogenated alkanes) is 2. The van der Waals surface area contributed by atoms with Gasteiger partial charge >= 0.3 is 17.9 Å². The third-order valence-electron chi connectivity index (χ3n) is 5.37. The fraction of sp³-hybridized carbons (Fsp3) is 0.750. The fourth-order valence-corrected chi connectivity index (χ4v) is 3.25. The summed E-state index contributed by atoms with van der Waals surface area (Å²) in [7, 11) is 0. The molecule has 39 heavy (non-hydrogen) atoms. The molecule has 10 N–H and O–H groups in total. The maximum atomic E-state index is 11.9. The zero-order chi connectivity index (χ0) is 30.7. The highest BCUT2D eigenvalue weighted by Gasteiger charge is 2.27. The van der Waals surface area contributed by atoms with Gasteiger partial charge in [-0.2, -0.15) is 0 Å². The van der Waals surface area contributed by atoms with E-state index in [2.05, 4.69) is 22.9 Å². The summed E-state index contributed by atoms with van der Waals surface area (Å²) >= 11 is 0. The quantitative estimate of drug-likeness (QED) is 0.0574. The van der Waals surface area contributed by atoms with E-state index < -0.39 is 54.4 Å². The van der Waals surface area contributed by atoms with E-state index in [1.54, 1.807) is 13.8 Å². The molecule has 0 rings (SSSR count). The molecule has 3 amide bonds. The van der Waals surface area contributed by atoms with Crippen LogP contribution in [-0.4, -0.2) is 93.7 Å². The molecule has 15 nitrogen and oxygen atoms in total. The van der Waals surface area contributed by atoms with Crippen LogP contribution in [0.25, 0.3) is 0 Å². The maximum absolute atomic E-state index is 11.9. The van der Waals surface area contributed by atoms with Gasteiger partial charge in [0, 0.05) is 13.0 Å². The van der Waals surface area contributed by atoms with Crippen LogP contribution < -0.4 is 27.5 Å². The molecule has 3 atom stereocenters. The number of aliphatic carboxylic acids is 3. The van der Waals surface area contributed by atoms with E-state index in [4.69, 9.17) is 26.9 Å². The fourth-order valence-electron chi connectivity index (χ4n) is 3.25. The van der Waals surface area contributed by atoms with Crippen molar-refractivity contribution in [3.63, 3.8) is 0 Å². The lowest BCUT2D eigenvalue weighted by atomic mass is 10.0. The third-order valence-corrected chi connectivity index (χ3v) is 5.37. The Bertz CT molecular complexity index is 807. The number of nitrogens with zero attached hydrogens (tertiary/aromatic N) is 1. The van der Waals surface area contributed by atoms with E-state index in [1.807, 2.05) is 13.8 Å². The van der Waals surface area contributed by atoms with Gasteiger partial charge in [-0.3, -0.25) is 34.6 Å². The summed E-state index contributed by atoms with van der Waals surface area (Å²) in [6, 6.07) is -2.52. The molecular formula is C24H46N6O9. The average molecular weight is 563 g/mol. The molecule has 0 aromatic carbocycles. The number of carbonyl (C=O) groups excluding carboxylic acids is 3. The Morgan fingerprint density at radius 1 is 0.821 bits per heavy atom. The molecule has 0 saturated carbocycles. The predicted octanol–water partition coefficient (Wildman–Crippen LogP) is -0.902. The van der Waals surface area contributed by atoms with Gasteiger partial charge in [-0.05, 0) is 24.7 Å². The van der Waals surface area contributed by atoms with Crippen LogP contribution >= 0.6 is 0 Å². The van der Waals surface area contributed by atoms with Gasteiger partial charge in [0.2, 0.25) is 17.7 Å². The smallest absolute Gasteiger partial charge is 0.322 e. The summed E-state index contributed by atoms with van der Waals surface area (Å²) < 4.78 is 0. The Morgan fingerprint density at radius 3 is 1.74 bits per heavy atom. The van der Waals surface area contributed by atoms with Crippen molar-refractivity contribution in [2.24, 2.45) is 23.4 Å². The lowest BCUT2D eigenvalue weighted by Gasteiger charge is -2.29. The van der Waals surface area contributed by atoms with E-state index in [0.717, 1.165) is 19.3 Å². The molecule has 0 heterocycles. The Balaban J connectivity index is 0. The van der Waals surface area contributed by atoms with E-state index >= 15 is 0 Å². The Hall–Kier alpha value is -3.30. The van der Waals surface area contributed by atoms with E-state index in [1.165, 1.54) is 5.01 Å². The van der Waals surface area contributed by atoms with Gasteiger partial charge in [-0.1, -0.05) is 47.5 Å². The van der Waals surface area contributed by atoms with Crippen LogP contribution in [0, 0.1) is 11.8 Å². The van der Waals surface area contributed by atoms with Crippen molar-refractivity contribution < 1.29 is 44.1 Å². The number of nitrogens with two attached hydrogens (primary N) is 2. The van der Waals surface area contributed by atoms with Gasteiger partial charge in [0.15, 0.2) is 0 Å². The molecule has 0 spiro atoms. The van der Waals surface area contributed by atoms with Crippen LogP contribution in [0.4, 0.5) is 0 Å². The van der Waals surface area contributed by atoms with Gasteiger partial charge in [0.1, 0.15) is 31.2 Å². The first-order valence-electron chi connectivity index (χ1n) is 12.8. The van der Waals surface area contributed by atoms with Crippen molar-refractivity contribution >= 4 is 35.6 Å². The highest BCUT2D eigenvalue weighted by atomic mass is 16.4. The summed E-state index contributed by atoms with van der Waals surface area (Å²) in [5.74, 6) is 0.766. The van der Waals surface area contributed by atoms with E-state index in [-0.39, 0.29) is 37.1 Å². The standard InChI is InChI=1S/C12H21N3O6.C12H25N3O3/c1-6(2)10(11(19)14-5-9(17)18)15-8(16)4-3-7(13)12(20)21;1-4-5-6-7-15(13)11(9(2)3)12(18)14-8-10(16)17/h6-7,10H,3-5,13H2,1-2H3,(H,14,19)(H,15,16)(H,17,18)(H,20,21);9,11H,4-8,13H2,1-3H3,(H,14,18)(H,16,17). The maximum Gasteiger partial charge on any atom is 0.322 e. The van der Waals surface area contributed by atoms with Gasteiger partial charge in [-0.15, -0.1) is 0 Å². The number of carbonyl (C=O) groups is 6. The Morgan fingerprint density at radius 2 is 1.33 bits per heavy atom. The number of hydrogen-bond donors (Lipinski definition) is 8. The average Bonchev–Trinajstić information content (AvgIpc) is 2.83. The van der Waals surface area contributed by atoms with Crippen LogP contribution in [0.5, 0.6) is 0 Å². The molecule has 0 aromatic heterocycles. The molecule has 0 aliphatic carbocycles. The number of carboxylic acids is 3. The molecule has 0 radical (unpaired) electrons. The second kappa shape index (κ2) is 20.6. The lowest BCUT2D eigenvalue weighted by molar-refractivity contribution is -0.139. The minimum Gasteiger partial charge on any atom is -0.480 e. The van der Waals surface area contributed by atoms with Gasteiger partial charge in [0.05, 0.1) is 0 Å². The SMILES string of the molecule is CC(C)C(NC(=O)CCC(N)C(=O)O)C(=O)NCC(=O)O.CCCCCN(N)C(C(=O)NCC(=O)O)C(C)C.